The van der Waals surface area contributed by atoms with E-state index in [1.165, 1.54) is 12.0 Å². The van der Waals surface area contributed by atoms with Crippen molar-refractivity contribution in [1.82, 2.24) is 5.32 Å². The maximum Gasteiger partial charge on any atom is 0.0995 e. The molecule has 1 aromatic carbocycles. The molecule has 1 unspecified atom stereocenters. The molecular weight excluding hydrogens is 212 g/mol. The number of nitrogens with zero attached hydrogens (tertiary/aromatic N) is 1. The van der Waals surface area contributed by atoms with Crippen LogP contribution in [0.2, 0.25) is 0 Å². The molecule has 0 bridgehead atoms. The normalized spacial score (nSPS) is 27.5. The third-order valence-corrected chi connectivity index (χ3v) is 3.73. The zero-order valence-corrected chi connectivity index (χ0v) is 9.78. The lowest BCUT2D eigenvalue weighted by Crippen LogP contribution is -2.34. The minimum Gasteiger partial charge on any atom is -0.371 e. The van der Waals surface area contributed by atoms with Crippen molar-refractivity contribution in [2.45, 2.75) is 31.4 Å². The van der Waals surface area contributed by atoms with Gasteiger partial charge in [-0.3, -0.25) is 0 Å². The summed E-state index contributed by atoms with van der Waals surface area (Å²) < 4.78 is 5.92. The topological polar surface area (TPSA) is 45.0 Å². The number of nitriles is 1. The average Bonchev–Trinajstić information content (AvgIpc) is 2.91. The van der Waals surface area contributed by atoms with Crippen LogP contribution < -0.4 is 5.32 Å². The monoisotopic (exact) mass is 228 g/mol. The SMILES string of the molecule is N#Cc1cccc2c1[C@@H](C1CCCN1)OCC2. The number of fused-ring (bicyclic) bond motifs is 1. The molecule has 0 aromatic heterocycles. The summed E-state index contributed by atoms with van der Waals surface area (Å²) in [6.07, 6.45) is 3.34. The largest absolute Gasteiger partial charge is 0.371 e. The summed E-state index contributed by atoms with van der Waals surface area (Å²) in [6, 6.07) is 8.68. The van der Waals surface area contributed by atoms with E-state index in [2.05, 4.69) is 17.5 Å². The summed E-state index contributed by atoms with van der Waals surface area (Å²) in [5.74, 6) is 0. The Bertz CT molecular complexity index is 458. The van der Waals surface area contributed by atoms with Crippen LogP contribution in [0.15, 0.2) is 18.2 Å². The van der Waals surface area contributed by atoms with Crippen molar-refractivity contribution < 1.29 is 4.74 Å². The maximum atomic E-state index is 9.23. The van der Waals surface area contributed by atoms with Crippen LogP contribution in [0.1, 0.15) is 35.6 Å². The number of hydrogen-bond donors (Lipinski definition) is 1. The molecule has 0 amide bonds. The zero-order chi connectivity index (χ0) is 11.7. The van der Waals surface area contributed by atoms with Gasteiger partial charge >= 0.3 is 0 Å². The highest BCUT2D eigenvalue weighted by Crippen LogP contribution is 2.34. The van der Waals surface area contributed by atoms with Crippen molar-refractivity contribution in [3.63, 3.8) is 0 Å². The fourth-order valence-electron chi connectivity index (χ4n) is 2.93. The molecule has 0 spiro atoms. The second kappa shape index (κ2) is 4.48. The minimum atomic E-state index is 0.0668. The Morgan fingerprint density at radius 1 is 1.41 bits per heavy atom. The summed E-state index contributed by atoms with van der Waals surface area (Å²) in [7, 11) is 0. The fraction of sp³-hybridized carbons (Fsp3) is 0.500. The first kappa shape index (κ1) is 10.8. The molecular formula is C14H16N2O. The molecule has 1 fully saturated rings. The van der Waals surface area contributed by atoms with Gasteiger partial charge in [-0.25, -0.2) is 0 Å². The van der Waals surface area contributed by atoms with Crippen molar-refractivity contribution in [3.8, 4) is 6.07 Å². The van der Waals surface area contributed by atoms with Crippen LogP contribution in [0.5, 0.6) is 0 Å². The van der Waals surface area contributed by atoms with E-state index in [4.69, 9.17) is 4.74 Å². The molecule has 1 saturated heterocycles. The van der Waals surface area contributed by atoms with Gasteiger partial charge in [-0.1, -0.05) is 12.1 Å². The Kier molecular flexibility index (Phi) is 2.84. The first-order valence-electron chi connectivity index (χ1n) is 6.27. The van der Waals surface area contributed by atoms with Crippen molar-refractivity contribution >= 4 is 0 Å². The maximum absolute atomic E-state index is 9.23. The first-order chi connectivity index (χ1) is 8.40. The Morgan fingerprint density at radius 2 is 2.35 bits per heavy atom. The van der Waals surface area contributed by atoms with Gasteiger partial charge in [-0.2, -0.15) is 5.26 Å². The molecule has 1 aromatic rings. The second-order valence-electron chi connectivity index (χ2n) is 4.73. The van der Waals surface area contributed by atoms with Crippen molar-refractivity contribution in [1.29, 1.82) is 5.26 Å². The van der Waals surface area contributed by atoms with Crippen LogP contribution in [0, 0.1) is 11.3 Å². The lowest BCUT2D eigenvalue weighted by atomic mass is 9.89. The zero-order valence-electron chi connectivity index (χ0n) is 9.78. The molecule has 17 heavy (non-hydrogen) atoms. The van der Waals surface area contributed by atoms with Gasteiger partial charge in [0.15, 0.2) is 0 Å². The first-order valence-corrected chi connectivity index (χ1v) is 6.27. The second-order valence-corrected chi connectivity index (χ2v) is 4.73. The summed E-state index contributed by atoms with van der Waals surface area (Å²) in [6.45, 7) is 1.83. The Labute approximate surface area is 101 Å². The molecule has 88 valence electrons. The van der Waals surface area contributed by atoms with E-state index in [1.807, 2.05) is 12.1 Å². The van der Waals surface area contributed by atoms with Gasteiger partial charge in [-0.15, -0.1) is 0 Å². The van der Waals surface area contributed by atoms with Gasteiger partial charge in [0.25, 0.3) is 0 Å². The van der Waals surface area contributed by atoms with Crippen LogP contribution in [-0.2, 0) is 11.2 Å². The third kappa shape index (κ3) is 1.84. The summed E-state index contributed by atoms with van der Waals surface area (Å²) in [4.78, 5) is 0. The van der Waals surface area contributed by atoms with Gasteiger partial charge in [0, 0.05) is 11.6 Å². The standard InChI is InChI=1S/C14H16N2O/c15-9-11-4-1-3-10-6-8-17-14(13(10)11)12-5-2-7-16-12/h1,3-4,12,14,16H,2,5-8H2/t12?,14-/m1/s1. The smallest absolute Gasteiger partial charge is 0.0995 e. The third-order valence-electron chi connectivity index (χ3n) is 3.73. The highest BCUT2D eigenvalue weighted by atomic mass is 16.5. The van der Waals surface area contributed by atoms with Crippen molar-refractivity contribution in [2.24, 2.45) is 0 Å². The summed E-state index contributed by atoms with van der Waals surface area (Å²) >= 11 is 0. The van der Waals surface area contributed by atoms with Gasteiger partial charge in [0.2, 0.25) is 0 Å². The molecule has 0 aliphatic carbocycles. The molecule has 3 heteroatoms. The van der Waals surface area contributed by atoms with Gasteiger partial charge < -0.3 is 10.1 Å². The molecule has 0 radical (unpaired) electrons. The molecule has 2 aliphatic rings. The summed E-state index contributed by atoms with van der Waals surface area (Å²) in [5.41, 5.74) is 3.19. The van der Waals surface area contributed by atoms with E-state index in [0.29, 0.717) is 6.04 Å². The van der Waals surface area contributed by atoms with Crippen molar-refractivity contribution in [2.75, 3.05) is 13.2 Å². The average molecular weight is 228 g/mol. The van der Waals surface area contributed by atoms with Gasteiger partial charge in [-0.05, 0) is 37.4 Å². The summed E-state index contributed by atoms with van der Waals surface area (Å²) in [5, 5.41) is 12.7. The molecule has 1 N–H and O–H groups in total. The highest BCUT2D eigenvalue weighted by molar-refractivity contribution is 5.46. The van der Waals surface area contributed by atoms with E-state index < -0.39 is 0 Å². The highest BCUT2D eigenvalue weighted by Gasteiger charge is 2.32. The quantitative estimate of drug-likeness (QED) is 0.798. The predicted octanol–water partition coefficient (Wildman–Crippen LogP) is 1.92. The van der Waals surface area contributed by atoms with Gasteiger partial charge in [0.1, 0.15) is 0 Å². The van der Waals surface area contributed by atoms with Crippen LogP contribution in [0.25, 0.3) is 0 Å². The fourth-order valence-corrected chi connectivity index (χ4v) is 2.93. The van der Waals surface area contributed by atoms with E-state index in [-0.39, 0.29) is 6.10 Å². The van der Waals surface area contributed by atoms with Crippen LogP contribution in [0.3, 0.4) is 0 Å². The number of benzene rings is 1. The van der Waals surface area contributed by atoms with E-state index in [1.54, 1.807) is 0 Å². The molecule has 0 saturated carbocycles. The Balaban J connectivity index is 2.02. The van der Waals surface area contributed by atoms with Crippen LogP contribution in [0.4, 0.5) is 0 Å². The molecule has 3 rings (SSSR count). The van der Waals surface area contributed by atoms with Crippen LogP contribution in [-0.4, -0.2) is 19.2 Å². The minimum absolute atomic E-state index is 0.0668. The Hall–Kier alpha value is -1.37. The number of ether oxygens (including phenoxy) is 1. The number of rotatable bonds is 1. The lowest BCUT2D eigenvalue weighted by Gasteiger charge is -2.31. The van der Waals surface area contributed by atoms with Crippen molar-refractivity contribution in [3.05, 3.63) is 34.9 Å². The van der Waals surface area contributed by atoms with Crippen LogP contribution >= 0.6 is 0 Å². The molecule has 2 aliphatic heterocycles. The molecule has 2 heterocycles. The van der Waals surface area contributed by atoms with Gasteiger partial charge in [0.05, 0.1) is 24.3 Å². The van der Waals surface area contributed by atoms with E-state index >= 15 is 0 Å². The predicted molar refractivity (Wildman–Crippen MR) is 64.6 cm³/mol. The molecule has 3 nitrogen and oxygen atoms in total. The molecule has 2 atom stereocenters. The van der Waals surface area contributed by atoms with E-state index in [0.717, 1.165) is 37.1 Å². The number of nitrogens with one attached hydrogen (secondary N) is 1. The Morgan fingerprint density at radius 3 is 3.12 bits per heavy atom. The van der Waals surface area contributed by atoms with E-state index in [9.17, 15) is 5.26 Å². The number of hydrogen-bond acceptors (Lipinski definition) is 3. The lowest BCUT2D eigenvalue weighted by molar-refractivity contribution is 0.0197.